The normalized spacial score (nSPS) is 25.5. The lowest BCUT2D eigenvalue weighted by Crippen LogP contribution is -2.57. The predicted molar refractivity (Wildman–Crippen MR) is 92.3 cm³/mol. The Labute approximate surface area is 150 Å². The lowest BCUT2D eigenvalue weighted by Gasteiger charge is -2.37. The van der Waals surface area contributed by atoms with Gasteiger partial charge in [0.2, 0.25) is 0 Å². The molecule has 1 fully saturated rings. The Balaban J connectivity index is 1.62. The number of rotatable bonds is 4. The van der Waals surface area contributed by atoms with E-state index in [4.69, 9.17) is 4.74 Å². The minimum absolute atomic E-state index is 0.254. The van der Waals surface area contributed by atoms with E-state index in [2.05, 4.69) is 10.3 Å². The molecule has 26 heavy (non-hydrogen) atoms. The van der Waals surface area contributed by atoms with E-state index in [9.17, 15) is 19.4 Å². The topological polar surface area (TPSA) is 91.7 Å². The Morgan fingerprint density at radius 3 is 2.69 bits per heavy atom. The highest BCUT2D eigenvalue weighted by Gasteiger charge is 2.39. The molecule has 0 aliphatic heterocycles. The summed E-state index contributed by atoms with van der Waals surface area (Å²) < 4.78 is 18.8. The van der Waals surface area contributed by atoms with Crippen LogP contribution >= 0.6 is 0 Å². The first-order chi connectivity index (χ1) is 12.4. The number of aryl methyl sites for hydroxylation is 1. The third-order valence-corrected chi connectivity index (χ3v) is 4.43. The number of aliphatic hydroxyl groups excluding tert-OH is 2. The highest BCUT2D eigenvalue weighted by Crippen LogP contribution is 2.25. The Hall–Kier alpha value is -2.51. The Bertz CT molecular complexity index is 786. The number of ether oxygens (including phenoxy) is 1. The zero-order valence-electron chi connectivity index (χ0n) is 14.3. The van der Waals surface area contributed by atoms with Crippen LogP contribution in [0.4, 0.5) is 4.39 Å². The van der Waals surface area contributed by atoms with E-state index in [0.717, 1.165) is 0 Å². The molecule has 2 aromatic rings. The molecule has 0 spiro atoms. The first-order valence-corrected chi connectivity index (χ1v) is 8.47. The van der Waals surface area contributed by atoms with Crippen LogP contribution < -0.4 is 10.1 Å². The van der Waals surface area contributed by atoms with Crippen molar-refractivity contribution in [1.29, 1.82) is 0 Å². The van der Waals surface area contributed by atoms with E-state index >= 15 is 0 Å². The second kappa shape index (κ2) is 7.80. The van der Waals surface area contributed by atoms with Crippen LogP contribution in [0.25, 0.3) is 0 Å². The SMILES string of the molecule is Cc1cccc(C(=O)N[C@@H]2CC[C@@H](Oc3cccc(F)c3)[C@H](O)[C@H]2O)n1. The molecule has 1 saturated carbocycles. The average molecular weight is 360 g/mol. The molecule has 7 heteroatoms. The fourth-order valence-corrected chi connectivity index (χ4v) is 3.06. The molecule has 4 atom stereocenters. The average Bonchev–Trinajstić information content (AvgIpc) is 2.61. The molecule has 1 aliphatic carbocycles. The maximum atomic E-state index is 13.2. The Kier molecular flexibility index (Phi) is 5.49. The van der Waals surface area contributed by atoms with Crippen molar-refractivity contribution in [2.45, 2.75) is 44.1 Å². The summed E-state index contributed by atoms with van der Waals surface area (Å²) in [6.07, 6.45) is -2.27. The van der Waals surface area contributed by atoms with Gasteiger partial charge in [0.05, 0.1) is 6.04 Å². The van der Waals surface area contributed by atoms with Crippen LogP contribution in [0, 0.1) is 12.7 Å². The van der Waals surface area contributed by atoms with Gasteiger partial charge in [-0.05, 0) is 44.0 Å². The minimum Gasteiger partial charge on any atom is -0.488 e. The molecule has 1 aromatic heterocycles. The molecule has 6 nitrogen and oxygen atoms in total. The number of halogens is 1. The number of hydrogen-bond acceptors (Lipinski definition) is 5. The van der Waals surface area contributed by atoms with Crippen molar-refractivity contribution in [3.05, 3.63) is 59.7 Å². The van der Waals surface area contributed by atoms with E-state index in [0.29, 0.717) is 18.5 Å². The van der Waals surface area contributed by atoms with Gasteiger partial charge in [-0.1, -0.05) is 12.1 Å². The van der Waals surface area contributed by atoms with Crippen LogP contribution in [-0.2, 0) is 0 Å². The van der Waals surface area contributed by atoms with Crippen molar-refractivity contribution < 1.29 is 24.1 Å². The zero-order valence-corrected chi connectivity index (χ0v) is 14.3. The Morgan fingerprint density at radius 1 is 1.19 bits per heavy atom. The third-order valence-electron chi connectivity index (χ3n) is 4.43. The summed E-state index contributed by atoms with van der Waals surface area (Å²) in [5.41, 5.74) is 0.968. The number of hydrogen-bond donors (Lipinski definition) is 3. The summed E-state index contributed by atoms with van der Waals surface area (Å²) in [6, 6.07) is 10.1. The second-order valence-electron chi connectivity index (χ2n) is 6.42. The molecule has 1 aromatic carbocycles. The smallest absolute Gasteiger partial charge is 0.270 e. The highest BCUT2D eigenvalue weighted by atomic mass is 19.1. The fraction of sp³-hybridized carbons (Fsp3) is 0.368. The molecule has 0 unspecified atom stereocenters. The van der Waals surface area contributed by atoms with Crippen molar-refractivity contribution in [2.24, 2.45) is 0 Å². The fourth-order valence-electron chi connectivity index (χ4n) is 3.06. The molecule has 1 aliphatic rings. The largest absolute Gasteiger partial charge is 0.488 e. The van der Waals surface area contributed by atoms with Gasteiger partial charge in [0.1, 0.15) is 35.6 Å². The van der Waals surface area contributed by atoms with Crippen LogP contribution in [0.3, 0.4) is 0 Å². The van der Waals surface area contributed by atoms with Crippen molar-refractivity contribution in [2.75, 3.05) is 0 Å². The number of carbonyl (C=O) groups excluding carboxylic acids is 1. The third kappa shape index (κ3) is 4.17. The van der Waals surface area contributed by atoms with Gasteiger partial charge in [0.25, 0.3) is 5.91 Å². The number of nitrogens with zero attached hydrogens (tertiary/aromatic N) is 1. The van der Waals surface area contributed by atoms with Crippen LogP contribution in [0.2, 0.25) is 0 Å². The van der Waals surface area contributed by atoms with Crippen molar-refractivity contribution in [3.63, 3.8) is 0 Å². The monoisotopic (exact) mass is 360 g/mol. The molecular weight excluding hydrogens is 339 g/mol. The highest BCUT2D eigenvalue weighted by molar-refractivity contribution is 5.92. The van der Waals surface area contributed by atoms with Gasteiger partial charge in [-0.15, -0.1) is 0 Å². The van der Waals surface area contributed by atoms with E-state index < -0.39 is 36.1 Å². The maximum absolute atomic E-state index is 13.2. The number of nitrogens with one attached hydrogen (secondary N) is 1. The molecular formula is C19H21FN2O4. The van der Waals surface area contributed by atoms with Crippen LogP contribution in [0.1, 0.15) is 29.0 Å². The zero-order chi connectivity index (χ0) is 18.7. The van der Waals surface area contributed by atoms with Crippen molar-refractivity contribution in [3.8, 4) is 5.75 Å². The first-order valence-electron chi connectivity index (χ1n) is 8.47. The molecule has 0 saturated heterocycles. The van der Waals surface area contributed by atoms with Gasteiger partial charge in [0.15, 0.2) is 0 Å². The standard InChI is InChI=1S/C19H21FN2O4/c1-11-4-2-7-15(21-11)19(25)22-14-8-9-16(18(24)17(14)23)26-13-6-3-5-12(20)10-13/h2-7,10,14,16-18,23-24H,8-9H2,1H3,(H,22,25)/t14-,16-,17+,18+/m1/s1. The minimum atomic E-state index is -1.21. The van der Waals surface area contributed by atoms with E-state index in [1.54, 1.807) is 31.2 Å². The van der Waals surface area contributed by atoms with Gasteiger partial charge >= 0.3 is 0 Å². The number of aromatic nitrogens is 1. The van der Waals surface area contributed by atoms with Crippen molar-refractivity contribution >= 4 is 5.91 Å². The summed E-state index contributed by atoms with van der Waals surface area (Å²) in [5, 5.41) is 23.4. The predicted octanol–water partition coefficient (Wildman–Crippen LogP) is 1.59. The molecule has 3 rings (SSSR count). The Morgan fingerprint density at radius 2 is 1.96 bits per heavy atom. The van der Waals surface area contributed by atoms with Crippen molar-refractivity contribution in [1.82, 2.24) is 10.3 Å². The first kappa shape index (κ1) is 18.3. The maximum Gasteiger partial charge on any atom is 0.270 e. The van der Waals surface area contributed by atoms with Crippen LogP contribution in [-0.4, -0.2) is 45.5 Å². The summed E-state index contributed by atoms with van der Waals surface area (Å²) in [7, 11) is 0. The number of aliphatic hydroxyl groups is 2. The lowest BCUT2D eigenvalue weighted by atomic mass is 9.87. The van der Waals surface area contributed by atoms with Gasteiger partial charge in [-0.2, -0.15) is 0 Å². The molecule has 0 bridgehead atoms. The summed E-state index contributed by atoms with van der Waals surface area (Å²) in [6.45, 7) is 1.78. The summed E-state index contributed by atoms with van der Waals surface area (Å²) >= 11 is 0. The molecule has 0 radical (unpaired) electrons. The number of carbonyl (C=O) groups is 1. The summed E-state index contributed by atoms with van der Waals surface area (Å²) in [4.78, 5) is 16.4. The summed E-state index contributed by atoms with van der Waals surface area (Å²) in [5.74, 6) is -0.564. The second-order valence-corrected chi connectivity index (χ2v) is 6.42. The van der Waals surface area contributed by atoms with E-state index in [1.807, 2.05) is 0 Å². The van der Waals surface area contributed by atoms with E-state index in [-0.39, 0.29) is 11.4 Å². The molecule has 1 heterocycles. The van der Waals surface area contributed by atoms with Gasteiger partial charge in [-0.25, -0.2) is 9.37 Å². The van der Waals surface area contributed by atoms with Gasteiger partial charge < -0.3 is 20.3 Å². The van der Waals surface area contributed by atoms with Gasteiger partial charge in [-0.3, -0.25) is 4.79 Å². The van der Waals surface area contributed by atoms with Crippen LogP contribution in [0.15, 0.2) is 42.5 Å². The van der Waals surface area contributed by atoms with Crippen LogP contribution in [0.5, 0.6) is 5.75 Å². The lowest BCUT2D eigenvalue weighted by molar-refractivity contribution is -0.0875. The number of pyridine rings is 1. The molecule has 1 amide bonds. The van der Waals surface area contributed by atoms with E-state index in [1.165, 1.54) is 18.2 Å². The number of benzene rings is 1. The quantitative estimate of drug-likeness (QED) is 0.770. The number of amides is 1. The van der Waals surface area contributed by atoms with Gasteiger partial charge in [0, 0.05) is 11.8 Å². The molecule has 3 N–H and O–H groups in total. The molecule has 138 valence electrons.